The quantitative estimate of drug-likeness (QED) is 0.588. The largest absolute Gasteiger partial charge is 0.363 e. The molecule has 1 aromatic rings. The Morgan fingerprint density at radius 2 is 2.50 bits per heavy atom. The van der Waals surface area contributed by atoms with Crippen LogP contribution in [0.5, 0.6) is 0 Å². The summed E-state index contributed by atoms with van der Waals surface area (Å²) in [7, 11) is 0. The lowest BCUT2D eigenvalue weighted by molar-refractivity contribution is 1.01. The van der Waals surface area contributed by atoms with Gasteiger partial charge in [-0.25, -0.2) is 0 Å². The van der Waals surface area contributed by atoms with E-state index >= 15 is 0 Å². The molecule has 0 bridgehead atoms. The third kappa shape index (κ3) is 1.02. The second-order valence-corrected chi connectivity index (χ2v) is 1.98. The maximum atomic E-state index is 5.55. The third-order valence-electron chi connectivity index (χ3n) is 0.927. The van der Waals surface area contributed by atoms with Crippen molar-refractivity contribution in [1.82, 2.24) is 4.98 Å². The fourth-order valence-electron chi connectivity index (χ4n) is 0.529. The zero-order valence-corrected chi connectivity index (χ0v) is 5.07. The van der Waals surface area contributed by atoms with E-state index in [1.165, 1.54) is 0 Å². The average Bonchev–Trinajstić information content (AvgIpc) is 2.14. The van der Waals surface area contributed by atoms with Crippen molar-refractivity contribution in [2.24, 2.45) is 5.73 Å². The second-order valence-electron chi connectivity index (χ2n) is 1.55. The second kappa shape index (κ2) is 2.20. The van der Waals surface area contributed by atoms with E-state index in [1.807, 2.05) is 6.07 Å². The van der Waals surface area contributed by atoms with Crippen LogP contribution in [0, 0.1) is 0 Å². The Hall–Kier alpha value is -0.470. The molecule has 0 aliphatic heterocycles. The number of nitrogens with one attached hydrogen (secondary N) is 1. The minimum atomic E-state index is 0.521. The number of H-pyrrole nitrogens is 1. The molecule has 0 saturated carbocycles. The number of hydrogen-bond acceptors (Lipinski definition) is 1. The Kier molecular flexibility index (Phi) is 1.56. The normalized spacial score (nSPS) is 9.75. The highest BCUT2D eigenvalue weighted by Gasteiger charge is 1.90. The van der Waals surface area contributed by atoms with Crippen molar-refractivity contribution in [2.45, 2.75) is 6.54 Å². The highest BCUT2D eigenvalue weighted by atomic mass is 35.5. The molecule has 8 heavy (non-hydrogen) atoms. The van der Waals surface area contributed by atoms with E-state index in [4.69, 9.17) is 17.3 Å². The lowest BCUT2D eigenvalue weighted by Crippen LogP contribution is -1.94. The molecular formula is C5H7ClN2. The van der Waals surface area contributed by atoms with E-state index in [9.17, 15) is 0 Å². The monoisotopic (exact) mass is 130 g/mol. The molecule has 0 aromatic carbocycles. The van der Waals surface area contributed by atoms with Gasteiger partial charge in [-0.1, -0.05) is 11.6 Å². The molecular weight excluding hydrogens is 124 g/mol. The Morgan fingerprint density at radius 3 is 2.75 bits per heavy atom. The van der Waals surface area contributed by atoms with Crippen molar-refractivity contribution in [3.8, 4) is 0 Å². The Balaban J connectivity index is 2.84. The molecule has 3 heteroatoms. The van der Waals surface area contributed by atoms with E-state index in [0.717, 1.165) is 5.69 Å². The SMILES string of the molecule is NCc1cc(Cl)c[nH]1. The van der Waals surface area contributed by atoms with Crippen LogP contribution in [0.2, 0.25) is 5.02 Å². The summed E-state index contributed by atoms with van der Waals surface area (Å²) in [6.07, 6.45) is 1.71. The molecule has 0 spiro atoms. The topological polar surface area (TPSA) is 41.8 Å². The summed E-state index contributed by atoms with van der Waals surface area (Å²) in [5.41, 5.74) is 6.24. The summed E-state index contributed by atoms with van der Waals surface area (Å²) in [5.74, 6) is 0. The van der Waals surface area contributed by atoms with Crippen LogP contribution in [0.25, 0.3) is 0 Å². The number of rotatable bonds is 1. The molecule has 0 radical (unpaired) electrons. The third-order valence-corrected chi connectivity index (χ3v) is 1.15. The molecule has 1 aromatic heterocycles. The highest BCUT2D eigenvalue weighted by molar-refractivity contribution is 6.30. The summed E-state index contributed by atoms with van der Waals surface area (Å²) >= 11 is 5.55. The van der Waals surface area contributed by atoms with Crippen LogP contribution in [-0.4, -0.2) is 4.98 Å². The van der Waals surface area contributed by atoms with E-state index in [2.05, 4.69) is 4.98 Å². The van der Waals surface area contributed by atoms with Crippen molar-refractivity contribution in [3.63, 3.8) is 0 Å². The number of nitrogens with two attached hydrogens (primary N) is 1. The van der Waals surface area contributed by atoms with E-state index in [0.29, 0.717) is 11.6 Å². The maximum absolute atomic E-state index is 5.55. The van der Waals surface area contributed by atoms with Gasteiger partial charge in [0.25, 0.3) is 0 Å². The molecule has 0 aliphatic rings. The van der Waals surface area contributed by atoms with E-state index in [-0.39, 0.29) is 0 Å². The molecule has 0 amide bonds. The summed E-state index contributed by atoms with van der Waals surface area (Å²) < 4.78 is 0. The number of hydrogen-bond donors (Lipinski definition) is 2. The van der Waals surface area contributed by atoms with Crippen LogP contribution in [0.3, 0.4) is 0 Å². The van der Waals surface area contributed by atoms with Gasteiger partial charge in [0, 0.05) is 18.4 Å². The van der Waals surface area contributed by atoms with Gasteiger partial charge in [-0.3, -0.25) is 0 Å². The fourth-order valence-corrected chi connectivity index (χ4v) is 0.716. The lowest BCUT2D eigenvalue weighted by atomic mass is 10.4. The van der Waals surface area contributed by atoms with E-state index < -0.39 is 0 Å². The first-order valence-electron chi connectivity index (χ1n) is 2.36. The van der Waals surface area contributed by atoms with Crippen LogP contribution in [0.15, 0.2) is 12.3 Å². The first-order chi connectivity index (χ1) is 3.83. The summed E-state index contributed by atoms with van der Waals surface area (Å²) in [6.45, 7) is 0.521. The van der Waals surface area contributed by atoms with Crippen molar-refractivity contribution >= 4 is 11.6 Å². The van der Waals surface area contributed by atoms with Gasteiger partial charge in [0.2, 0.25) is 0 Å². The van der Waals surface area contributed by atoms with Crippen LogP contribution >= 0.6 is 11.6 Å². The first-order valence-corrected chi connectivity index (χ1v) is 2.73. The molecule has 44 valence electrons. The average molecular weight is 131 g/mol. The van der Waals surface area contributed by atoms with Crippen molar-refractivity contribution in [3.05, 3.63) is 23.0 Å². The van der Waals surface area contributed by atoms with Gasteiger partial charge < -0.3 is 10.7 Å². The fraction of sp³-hybridized carbons (Fsp3) is 0.200. The molecule has 2 nitrogen and oxygen atoms in total. The zero-order valence-electron chi connectivity index (χ0n) is 4.32. The number of halogens is 1. The number of aromatic nitrogens is 1. The van der Waals surface area contributed by atoms with Gasteiger partial charge in [-0.2, -0.15) is 0 Å². The summed E-state index contributed by atoms with van der Waals surface area (Å²) in [6, 6.07) is 1.81. The molecule has 1 heterocycles. The van der Waals surface area contributed by atoms with Gasteiger partial charge in [-0.05, 0) is 6.07 Å². The number of aromatic amines is 1. The van der Waals surface area contributed by atoms with Crippen molar-refractivity contribution < 1.29 is 0 Å². The zero-order chi connectivity index (χ0) is 5.98. The lowest BCUT2D eigenvalue weighted by Gasteiger charge is -1.82. The van der Waals surface area contributed by atoms with Gasteiger partial charge in [0.1, 0.15) is 0 Å². The van der Waals surface area contributed by atoms with Crippen LogP contribution in [0.1, 0.15) is 5.69 Å². The van der Waals surface area contributed by atoms with Gasteiger partial charge in [0.05, 0.1) is 5.02 Å². The van der Waals surface area contributed by atoms with Crippen LogP contribution < -0.4 is 5.73 Å². The first kappa shape index (κ1) is 5.66. The predicted octanol–water partition coefficient (Wildman–Crippen LogP) is 1.13. The van der Waals surface area contributed by atoms with Gasteiger partial charge >= 0.3 is 0 Å². The maximum Gasteiger partial charge on any atom is 0.0583 e. The predicted molar refractivity (Wildman–Crippen MR) is 33.7 cm³/mol. The van der Waals surface area contributed by atoms with Crippen LogP contribution in [-0.2, 0) is 6.54 Å². The molecule has 0 unspecified atom stereocenters. The van der Waals surface area contributed by atoms with Gasteiger partial charge in [-0.15, -0.1) is 0 Å². The van der Waals surface area contributed by atoms with Crippen molar-refractivity contribution in [2.75, 3.05) is 0 Å². The molecule has 3 N–H and O–H groups in total. The molecule has 1 rings (SSSR count). The molecule has 0 aliphatic carbocycles. The Labute approximate surface area is 52.6 Å². The summed E-state index contributed by atoms with van der Waals surface area (Å²) in [4.78, 5) is 2.90. The standard InChI is InChI=1S/C5H7ClN2/c6-4-1-5(2-7)8-3-4/h1,3,8H,2,7H2. The van der Waals surface area contributed by atoms with E-state index in [1.54, 1.807) is 6.20 Å². The Morgan fingerprint density at radius 1 is 1.75 bits per heavy atom. The Bertz CT molecular complexity index is 171. The smallest absolute Gasteiger partial charge is 0.0583 e. The van der Waals surface area contributed by atoms with Crippen molar-refractivity contribution in [1.29, 1.82) is 0 Å². The highest BCUT2D eigenvalue weighted by Crippen LogP contribution is 2.07. The van der Waals surface area contributed by atoms with Crippen LogP contribution in [0.4, 0.5) is 0 Å². The molecule has 0 fully saturated rings. The minimum Gasteiger partial charge on any atom is -0.363 e. The van der Waals surface area contributed by atoms with Gasteiger partial charge in [0.15, 0.2) is 0 Å². The molecule has 0 atom stereocenters. The molecule has 0 saturated heterocycles. The summed E-state index contributed by atoms with van der Waals surface area (Å²) in [5, 5.41) is 0.713. The minimum absolute atomic E-state index is 0.521.